The molecule has 0 saturated heterocycles. The fourth-order valence-electron chi connectivity index (χ4n) is 1.71. The largest absolute Gasteiger partial charge is 0.493 e. The summed E-state index contributed by atoms with van der Waals surface area (Å²) in [5, 5.41) is 9.19. The number of carboxylic acids is 1. The van der Waals surface area contributed by atoms with Crippen molar-refractivity contribution in [3.05, 3.63) is 30.4 Å². The number of carbonyl (C=O) groups is 1. The summed E-state index contributed by atoms with van der Waals surface area (Å²) in [5.74, 6) is -1.31. The Bertz CT molecular complexity index is 653. The van der Waals surface area contributed by atoms with Crippen LogP contribution in [-0.2, 0) is 10.0 Å². The Labute approximate surface area is 123 Å². The molecule has 0 aliphatic carbocycles. The second-order valence-corrected chi connectivity index (χ2v) is 6.13. The van der Waals surface area contributed by atoms with Crippen LogP contribution in [0.1, 0.15) is 10.4 Å². The number of hydrogen-bond donors (Lipinski definition) is 1. The predicted octanol–water partition coefficient (Wildman–Crippen LogP) is 1.21. The van der Waals surface area contributed by atoms with Crippen LogP contribution in [0.25, 0.3) is 0 Å². The van der Waals surface area contributed by atoms with E-state index in [1.807, 2.05) is 0 Å². The van der Waals surface area contributed by atoms with Gasteiger partial charge in [0.2, 0.25) is 10.0 Å². The Morgan fingerprint density at radius 1 is 1.38 bits per heavy atom. The van der Waals surface area contributed by atoms with Crippen LogP contribution in [-0.4, -0.2) is 51.6 Å². The maximum Gasteiger partial charge on any atom is 0.339 e. The highest BCUT2D eigenvalue weighted by molar-refractivity contribution is 7.89. The van der Waals surface area contributed by atoms with Crippen molar-refractivity contribution >= 4 is 16.0 Å². The second kappa shape index (κ2) is 6.59. The van der Waals surface area contributed by atoms with Gasteiger partial charge in [-0.05, 0) is 6.07 Å². The minimum Gasteiger partial charge on any atom is -0.493 e. The molecule has 0 aromatic heterocycles. The molecular weight excluding hydrogens is 298 g/mol. The number of hydrogen-bond acceptors (Lipinski definition) is 5. The normalized spacial score (nSPS) is 11.2. The third-order valence-corrected chi connectivity index (χ3v) is 4.58. The van der Waals surface area contributed by atoms with Gasteiger partial charge in [0.05, 0.1) is 19.1 Å². The van der Waals surface area contributed by atoms with Crippen molar-refractivity contribution in [1.82, 2.24) is 4.31 Å². The van der Waals surface area contributed by atoms with Gasteiger partial charge >= 0.3 is 5.97 Å². The van der Waals surface area contributed by atoms with Crippen molar-refractivity contribution < 1.29 is 27.8 Å². The van der Waals surface area contributed by atoms with E-state index in [4.69, 9.17) is 9.47 Å². The highest BCUT2D eigenvalue weighted by Crippen LogP contribution is 2.34. The van der Waals surface area contributed by atoms with Crippen LogP contribution >= 0.6 is 0 Å². The van der Waals surface area contributed by atoms with Crippen LogP contribution in [0.5, 0.6) is 11.5 Å². The molecule has 8 heteroatoms. The van der Waals surface area contributed by atoms with E-state index >= 15 is 0 Å². The topological polar surface area (TPSA) is 93.1 Å². The van der Waals surface area contributed by atoms with Gasteiger partial charge in [0, 0.05) is 19.7 Å². The van der Waals surface area contributed by atoms with E-state index in [-0.39, 0.29) is 28.5 Å². The molecule has 0 bridgehead atoms. The van der Waals surface area contributed by atoms with Gasteiger partial charge in [0.1, 0.15) is 5.56 Å². The number of nitrogens with zero attached hydrogens (tertiary/aromatic N) is 1. The zero-order chi connectivity index (χ0) is 16.2. The van der Waals surface area contributed by atoms with Crippen molar-refractivity contribution in [2.45, 2.75) is 4.90 Å². The Morgan fingerprint density at radius 2 is 2.00 bits per heavy atom. The van der Waals surface area contributed by atoms with Crippen LogP contribution in [0.15, 0.2) is 29.7 Å². The molecule has 0 spiro atoms. The van der Waals surface area contributed by atoms with Gasteiger partial charge in [-0.3, -0.25) is 0 Å². The summed E-state index contributed by atoms with van der Waals surface area (Å²) in [6, 6.07) is 2.26. The number of rotatable bonds is 7. The first-order valence-electron chi connectivity index (χ1n) is 5.86. The minimum absolute atomic E-state index is 0.0305. The first-order chi connectivity index (χ1) is 9.79. The van der Waals surface area contributed by atoms with Crippen molar-refractivity contribution in [1.29, 1.82) is 0 Å². The monoisotopic (exact) mass is 315 g/mol. The molecule has 0 aliphatic heterocycles. The number of benzene rings is 1. The lowest BCUT2D eigenvalue weighted by Crippen LogP contribution is -2.27. The van der Waals surface area contributed by atoms with E-state index in [2.05, 4.69) is 6.58 Å². The maximum absolute atomic E-state index is 12.4. The van der Waals surface area contributed by atoms with Crippen LogP contribution < -0.4 is 9.47 Å². The number of ether oxygens (including phenoxy) is 2. The zero-order valence-electron chi connectivity index (χ0n) is 12.0. The molecule has 1 N–H and O–H groups in total. The summed E-state index contributed by atoms with van der Waals surface area (Å²) in [4.78, 5) is 11.1. The third-order valence-electron chi connectivity index (χ3n) is 2.78. The molecule has 1 rings (SSSR count). The lowest BCUT2D eigenvalue weighted by Gasteiger charge is -2.17. The maximum atomic E-state index is 12.4. The molecule has 0 saturated carbocycles. The number of aromatic carboxylic acids is 1. The average molecular weight is 315 g/mol. The molecule has 0 radical (unpaired) electrons. The Hall–Kier alpha value is -2.06. The van der Waals surface area contributed by atoms with E-state index in [0.717, 1.165) is 10.4 Å². The molecule has 1 aromatic carbocycles. The highest BCUT2D eigenvalue weighted by Gasteiger charge is 2.26. The van der Waals surface area contributed by atoms with E-state index in [1.54, 1.807) is 0 Å². The second-order valence-electron chi connectivity index (χ2n) is 4.09. The molecule has 21 heavy (non-hydrogen) atoms. The molecule has 0 heterocycles. The Morgan fingerprint density at radius 3 is 2.43 bits per heavy atom. The average Bonchev–Trinajstić information content (AvgIpc) is 2.45. The molecule has 0 atom stereocenters. The number of sulfonamides is 1. The molecule has 0 unspecified atom stereocenters. The van der Waals surface area contributed by atoms with Gasteiger partial charge in [-0.1, -0.05) is 6.08 Å². The van der Waals surface area contributed by atoms with E-state index < -0.39 is 16.0 Å². The first kappa shape index (κ1) is 17.0. The van der Waals surface area contributed by atoms with Crippen LogP contribution in [0.3, 0.4) is 0 Å². The van der Waals surface area contributed by atoms with Gasteiger partial charge in [-0.15, -0.1) is 6.58 Å². The lowest BCUT2D eigenvalue weighted by atomic mass is 10.2. The van der Waals surface area contributed by atoms with Crippen molar-refractivity contribution in [3.63, 3.8) is 0 Å². The first-order valence-corrected chi connectivity index (χ1v) is 7.30. The van der Waals surface area contributed by atoms with Gasteiger partial charge in [-0.2, -0.15) is 4.31 Å². The Kier molecular flexibility index (Phi) is 5.34. The summed E-state index contributed by atoms with van der Waals surface area (Å²) in [6.45, 7) is 3.57. The zero-order valence-corrected chi connectivity index (χ0v) is 12.8. The summed E-state index contributed by atoms with van der Waals surface area (Å²) in [6.07, 6.45) is 1.43. The molecule has 7 nitrogen and oxygen atoms in total. The number of likely N-dealkylation sites (N-methyl/N-ethyl adjacent to an activating group) is 1. The van der Waals surface area contributed by atoms with Crippen LogP contribution in [0, 0.1) is 0 Å². The lowest BCUT2D eigenvalue weighted by molar-refractivity contribution is 0.0692. The Balaban J connectivity index is 3.55. The van der Waals surface area contributed by atoms with Crippen molar-refractivity contribution in [2.75, 3.05) is 27.8 Å². The highest BCUT2D eigenvalue weighted by atomic mass is 32.2. The fraction of sp³-hybridized carbons (Fsp3) is 0.308. The predicted molar refractivity (Wildman–Crippen MR) is 76.5 cm³/mol. The summed E-state index contributed by atoms with van der Waals surface area (Å²) >= 11 is 0. The van der Waals surface area contributed by atoms with E-state index in [1.165, 1.54) is 33.4 Å². The summed E-state index contributed by atoms with van der Waals surface area (Å²) in [7, 11) is 0.0967. The van der Waals surface area contributed by atoms with E-state index in [0.29, 0.717) is 0 Å². The smallest absolute Gasteiger partial charge is 0.339 e. The van der Waals surface area contributed by atoms with Gasteiger partial charge in [0.25, 0.3) is 0 Å². The molecule has 0 aliphatic rings. The number of carboxylic acid groups (broad SMARTS) is 1. The molecule has 1 aromatic rings. The third kappa shape index (κ3) is 3.34. The summed E-state index contributed by atoms with van der Waals surface area (Å²) < 4.78 is 35.7. The van der Waals surface area contributed by atoms with Crippen LogP contribution in [0.4, 0.5) is 0 Å². The van der Waals surface area contributed by atoms with Crippen molar-refractivity contribution in [2.24, 2.45) is 0 Å². The van der Waals surface area contributed by atoms with Crippen molar-refractivity contribution in [3.8, 4) is 11.5 Å². The standard InChI is InChI=1S/C13H17NO6S/c1-5-6-14(2)21(17,18)9-7-10(13(15)16)12(20-4)11(8-9)19-3/h5,7-8H,1,6H2,2-4H3,(H,15,16). The molecule has 116 valence electrons. The SMILES string of the molecule is C=CCN(C)S(=O)(=O)c1cc(OC)c(OC)c(C(=O)O)c1. The molecule has 0 fully saturated rings. The fourth-order valence-corrected chi connectivity index (χ4v) is 2.89. The van der Waals surface area contributed by atoms with Crippen LogP contribution in [0.2, 0.25) is 0 Å². The van der Waals surface area contributed by atoms with Gasteiger partial charge < -0.3 is 14.6 Å². The quantitative estimate of drug-likeness (QED) is 0.760. The van der Waals surface area contributed by atoms with Gasteiger partial charge in [0.15, 0.2) is 11.5 Å². The number of methoxy groups -OCH3 is 2. The molecule has 0 amide bonds. The van der Waals surface area contributed by atoms with E-state index in [9.17, 15) is 18.3 Å². The minimum atomic E-state index is -3.85. The summed E-state index contributed by atoms with van der Waals surface area (Å²) in [5.41, 5.74) is -0.289. The van der Waals surface area contributed by atoms with Gasteiger partial charge in [-0.25, -0.2) is 13.2 Å². The molecular formula is C13H17NO6S.